The first-order chi connectivity index (χ1) is 40.5. The monoisotopic (exact) mass is 1140 g/mol. The molecule has 0 fully saturated rings. The van der Waals surface area contributed by atoms with Crippen molar-refractivity contribution in [1.82, 2.24) is 0 Å². The lowest BCUT2D eigenvalue weighted by atomic mass is 10.0. The summed E-state index contributed by atoms with van der Waals surface area (Å²) < 4.78 is 17.0. The molecule has 1 unspecified atom stereocenters. The van der Waals surface area contributed by atoms with E-state index in [2.05, 4.69) is 106 Å². The summed E-state index contributed by atoms with van der Waals surface area (Å²) in [6, 6.07) is 0. The number of hydrogen-bond acceptors (Lipinski definition) is 6. The Morgan fingerprint density at radius 3 is 0.756 bits per heavy atom. The number of ether oxygens (including phenoxy) is 3. The molecule has 0 spiro atoms. The molecule has 82 heavy (non-hydrogen) atoms. The van der Waals surface area contributed by atoms with Gasteiger partial charge in [0.25, 0.3) is 0 Å². The van der Waals surface area contributed by atoms with E-state index in [1.54, 1.807) is 0 Å². The molecule has 0 heterocycles. The van der Waals surface area contributed by atoms with Gasteiger partial charge in [-0.3, -0.25) is 14.4 Å². The number of carbonyl (C=O) groups excluding carboxylic acids is 3. The Bertz CT molecular complexity index is 1550. The van der Waals surface area contributed by atoms with Gasteiger partial charge in [0.2, 0.25) is 0 Å². The predicted molar refractivity (Wildman–Crippen MR) is 358 cm³/mol. The van der Waals surface area contributed by atoms with E-state index in [4.69, 9.17) is 14.2 Å². The number of rotatable bonds is 65. The second kappa shape index (κ2) is 70.1. The minimum Gasteiger partial charge on any atom is -0.462 e. The van der Waals surface area contributed by atoms with Crippen LogP contribution in [0.3, 0.4) is 0 Å². The van der Waals surface area contributed by atoms with Crippen LogP contribution in [0.1, 0.15) is 361 Å². The predicted octanol–water partition coefficient (Wildman–Crippen LogP) is 24.6. The zero-order valence-corrected chi connectivity index (χ0v) is 54.5. The molecular formula is C76H134O6. The molecule has 474 valence electrons. The molecule has 0 saturated carbocycles. The standard InChI is InChI=1S/C76H134O6/c1-4-7-10-13-16-19-22-25-28-31-34-36-38-40-42-45-48-51-54-57-60-63-66-69-75(78)81-72-73(71-80-74(77)68-65-62-59-56-53-50-47-44-33-30-27-24-21-18-15-12-9-6-3)82-76(79)70-67-64-61-58-55-52-49-46-43-41-39-37-35-32-29-26-23-20-17-14-11-8-5-2/h7,10,16,19,23,25-26,28,30,32-36,73H,4-6,8-9,11-15,17-18,20-22,24,27,29,31,37-72H2,1-3H3/b10-7-,19-16-,26-23-,28-25-,33-30-,35-32-,36-34-. The summed E-state index contributed by atoms with van der Waals surface area (Å²) >= 11 is 0. The highest BCUT2D eigenvalue weighted by molar-refractivity contribution is 5.71. The van der Waals surface area contributed by atoms with E-state index in [9.17, 15) is 14.4 Å². The van der Waals surface area contributed by atoms with Gasteiger partial charge in [0.05, 0.1) is 0 Å². The fourth-order valence-corrected chi connectivity index (χ4v) is 10.3. The lowest BCUT2D eigenvalue weighted by Gasteiger charge is -2.18. The summed E-state index contributed by atoms with van der Waals surface area (Å²) in [4.78, 5) is 38.5. The first-order valence-electron chi connectivity index (χ1n) is 35.6. The van der Waals surface area contributed by atoms with Crippen LogP contribution in [0.4, 0.5) is 0 Å². The van der Waals surface area contributed by atoms with E-state index in [1.807, 2.05) is 0 Å². The van der Waals surface area contributed by atoms with E-state index in [-0.39, 0.29) is 31.1 Å². The average molecular weight is 1140 g/mol. The highest BCUT2D eigenvalue weighted by Gasteiger charge is 2.19. The number of allylic oxidation sites excluding steroid dienone is 14. The van der Waals surface area contributed by atoms with Crippen LogP contribution in [-0.4, -0.2) is 37.2 Å². The fourth-order valence-electron chi connectivity index (χ4n) is 10.3. The maximum Gasteiger partial charge on any atom is 0.306 e. The van der Waals surface area contributed by atoms with Gasteiger partial charge in [0, 0.05) is 19.3 Å². The van der Waals surface area contributed by atoms with E-state index in [0.717, 1.165) is 89.9 Å². The van der Waals surface area contributed by atoms with Crippen molar-refractivity contribution in [2.45, 2.75) is 367 Å². The molecule has 0 aliphatic carbocycles. The van der Waals surface area contributed by atoms with Gasteiger partial charge in [-0.25, -0.2) is 0 Å². The normalized spacial score (nSPS) is 12.6. The molecule has 0 rings (SSSR count). The van der Waals surface area contributed by atoms with Gasteiger partial charge >= 0.3 is 17.9 Å². The largest absolute Gasteiger partial charge is 0.462 e. The lowest BCUT2D eigenvalue weighted by Crippen LogP contribution is -2.30. The smallest absolute Gasteiger partial charge is 0.306 e. The quantitative estimate of drug-likeness (QED) is 0.0261. The molecule has 0 amide bonds. The van der Waals surface area contributed by atoms with Crippen LogP contribution in [0.5, 0.6) is 0 Å². The first kappa shape index (κ1) is 78.6. The summed E-state index contributed by atoms with van der Waals surface area (Å²) in [5.74, 6) is -0.869. The van der Waals surface area contributed by atoms with Crippen LogP contribution in [0.25, 0.3) is 0 Å². The summed E-state index contributed by atoms with van der Waals surface area (Å²) in [6.45, 7) is 6.56. The Morgan fingerprint density at radius 1 is 0.256 bits per heavy atom. The van der Waals surface area contributed by atoms with Gasteiger partial charge in [0.15, 0.2) is 6.10 Å². The SMILES string of the molecule is CC/C=C\C/C=C\C/C=C\C/C=C\CCCCCCCCCCCCC(=O)OCC(COC(=O)CCCCCCCCC/C=C\CCCCCCCCC)OC(=O)CCCCCCCCCCCCC/C=C\C/C=C\CCCCCCC. The van der Waals surface area contributed by atoms with E-state index in [1.165, 1.54) is 231 Å². The third-order valence-corrected chi connectivity index (χ3v) is 15.6. The topological polar surface area (TPSA) is 78.9 Å². The van der Waals surface area contributed by atoms with E-state index < -0.39 is 6.10 Å². The Kier molecular flexibility index (Phi) is 67.2. The third-order valence-electron chi connectivity index (χ3n) is 15.6. The summed E-state index contributed by atoms with van der Waals surface area (Å²) in [5.41, 5.74) is 0. The molecule has 0 bridgehead atoms. The van der Waals surface area contributed by atoms with Gasteiger partial charge in [0.1, 0.15) is 13.2 Å². The molecule has 0 aromatic carbocycles. The molecule has 0 aliphatic heterocycles. The molecule has 0 radical (unpaired) electrons. The van der Waals surface area contributed by atoms with Crippen LogP contribution < -0.4 is 0 Å². The Labute approximate surface area is 509 Å². The average Bonchev–Trinajstić information content (AvgIpc) is 3.47. The van der Waals surface area contributed by atoms with Crippen molar-refractivity contribution < 1.29 is 28.6 Å². The van der Waals surface area contributed by atoms with Crippen LogP contribution in [-0.2, 0) is 28.6 Å². The second-order valence-electron chi connectivity index (χ2n) is 23.8. The number of hydrogen-bond donors (Lipinski definition) is 0. The van der Waals surface area contributed by atoms with Gasteiger partial charge in [-0.1, -0.05) is 311 Å². The maximum atomic E-state index is 13.0. The molecule has 0 aromatic rings. The Balaban J connectivity index is 4.37. The molecule has 0 aromatic heterocycles. The maximum absolute atomic E-state index is 13.0. The zero-order chi connectivity index (χ0) is 59.2. The third kappa shape index (κ3) is 67.4. The minimum absolute atomic E-state index is 0.0785. The lowest BCUT2D eigenvalue weighted by molar-refractivity contribution is -0.167. The molecule has 0 aliphatic rings. The Hall–Kier alpha value is -3.41. The van der Waals surface area contributed by atoms with Crippen molar-refractivity contribution in [3.8, 4) is 0 Å². The van der Waals surface area contributed by atoms with Crippen LogP contribution >= 0.6 is 0 Å². The number of unbranched alkanes of at least 4 members (excludes halogenated alkanes) is 40. The second-order valence-corrected chi connectivity index (χ2v) is 23.8. The van der Waals surface area contributed by atoms with Gasteiger partial charge < -0.3 is 14.2 Å². The van der Waals surface area contributed by atoms with Crippen molar-refractivity contribution in [1.29, 1.82) is 0 Å². The summed E-state index contributed by atoms with van der Waals surface area (Å²) in [7, 11) is 0. The highest BCUT2D eigenvalue weighted by atomic mass is 16.6. The summed E-state index contributed by atoms with van der Waals surface area (Å²) in [5, 5.41) is 0. The number of esters is 3. The van der Waals surface area contributed by atoms with E-state index >= 15 is 0 Å². The van der Waals surface area contributed by atoms with Gasteiger partial charge in [-0.05, 0) is 116 Å². The summed E-state index contributed by atoms with van der Waals surface area (Å²) in [6.07, 6.45) is 93.1. The van der Waals surface area contributed by atoms with Crippen molar-refractivity contribution in [2.24, 2.45) is 0 Å². The van der Waals surface area contributed by atoms with E-state index in [0.29, 0.717) is 19.3 Å². The highest BCUT2D eigenvalue weighted by Crippen LogP contribution is 2.17. The molecule has 0 saturated heterocycles. The van der Waals surface area contributed by atoms with Crippen LogP contribution in [0.15, 0.2) is 85.1 Å². The first-order valence-corrected chi connectivity index (χ1v) is 35.6. The molecule has 0 N–H and O–H groups in total. The van der Waals surface area contributed by atoms with Crippen molar-refractivity contribution in [2.75, 3.05) is 13.2 Å². The Morgan fingerprint density at radius 2 is 0.476 bits per heavy atom. The zero-order valence-electron chi connectivity index (χ0n) is 54.5. The van der Waals surface area contributed by atoms with Crippen LogP contribution in [0.2, 0.25) is 0 Å². The molecule has 6 nitrogen and oxygen atoms in total. The molecular weight excluding hydrogens is 1010 g/mol. The molecule has 1 atom stereocenters. The minimum atomic E-state index is -0.784. The van der Waals surface area contributed by atoms with Crippen molar-refractivity contribution >= 4 is 17.9 Å². The number of carbonyl (C=O) groups is 3. The van der Waals surface area contributed by atoms with Gasteiger partial charge in [-0.15, -0.1) is 0 Å². The van der Waals surface area contributed by atoms with Crippen molar-refractivity contribution in [3.63, 3.8) is 0 Å². The molecule has 6 heteroatoms. The van der Waals surface area contributed by atoms with Crippen LogP contribution in [0, 0.1) is 0 Å². The van der Waals surface area contributed by atoms with Gasteiger partial charge in [-0.2, -0.15) is 0 Å². The fraction of sp³-hybridized carbons (Fsp3) is 0.776. The van der Waals surface area contributed by atoms with Crippen molar-refractivity contribution in [3.05, 3.63) is 85.1 Å².